The van der Waals surface area contributed by atoms with Gasteiger partial charge in [0.25, 0.3) is 0 Å². The van der Waals surface area contributed by atoms with Gasteiger partial charge in [0.15, 0.2) is 0 Å². The van der Waals surface area contributed by atoms with Gasteiger partial charge in [-0.05, 0) is 32.5 Å². The van der Waals surface area contributed by atoms with Crippen molar-refractivity contribution in [3.63, 3.8) is 0 Å². The molecule has 100 valence electrons. The molecule has 5 nitrogen and oxygen atoms in total. The molecule has 1 saturated heterocycles. The number of hydrogen-bond acceptors (Lipinski definition) is 5. The van der Waals surface area contributed by atoms with E-state index in [2.05, 4.69) is 15.0 Å². The second kappa shape index (κ2) is 6.02. The predicted octanol–water partition coefficient (Wildman–Crippen LogP) is 1.17. The maximum absolute atomic E-state index is 11.5. The lowest BCUT2D eigenvalue weighted by Crippen LogP contribution is -2.27. The van der Waals surface area contributed by atoms with Gasteiger partial charge in [0.1, 0.15) is 5.76 Å². The zero-order valence-electron chi connectivity index (χ0n) is 11.0. The first kappa shape index (κ1) is 13.1. The summed E-state index contributed by atoms with van der Waals surface area (Å²) >= 11 is 0. The molecule has 1 aromatic heterocycles. The molecule has 0 bridgehead atoms. The monoisotopic (exact) mass is 252 g/mol. The molecule has 0 saturated carbocycles. The van der Waals surface area contributed by atoms with Gasteiger partial charge in [-0.25, -0.2) is 4.79 Å². The van der Waals surface area contributed by atoms with Crippen LogP contribution < -0.4 is 5.32 Å². The van der Waals surface area contributed by atoms with E-state index in [4.69, 9.17) is 4.42 Å². The summed E-state index contributed by atoms with van der Waals surface area (Å²) in [6.45, 7) is 6.75. The summed E-state index contributed by atoms with van der Waals surface area (Å²) in [7, 11) is 1.37. The number of methoxy groups -OCH3 is 1. The molecular formula is C13H20N2O3. The van der Waals surface area contributed by atoms with Crippen molar-refractivity contribution in [2.24, 2.45) is 0 Å². The molecule has 2 heterocycles. The Labute approximate surface area is 107 Å². The smallest absolute Gasteiger partial charge is 0.374 e. The van der Waals surface area contributed by atoms with Crippen LogP contribution in [0.1, 0.15) is 28.3 Å². The lowest BCUT2D eigenvalue weighted by atomic mass is 10.2. The molecule has 0 amide bonds. The largest absolute Gasteiger partial charge is 0.463 e. The van der Waals surface area contributed by atoms with Crippen molar-refractivity contribution in [3.8, 4) is 0 Å². The number of ether oxygens (including phenoxy) is 1. The van der Waals surface area contributed by atoms with Gasteiger partial charge in [-0.1, -0.05) is 0 Å². The summed E-state index contributed by atoms with van der Waals surface area (Å²) in [5.74, 6) is 0.742. The fourth-order valence-electron chi connectivity index (χ4n) is 2.20. The number of aryl methyl sites for hydroxylation is 1. The van der Waals surface area contributed by atoms with E-state index in [1.54, 1.807) is 0 Å². The number of rotatable bonds is 3. The van der Waals surface area contributed by atoms with Crippen LogP contribution in [0.4, 0.5) is 0 Å². The van der Waals surface area contributed by atoms with Crippen LogP contribution in [-0.2, 0) is 11.3 Å². The minimum atomic E-state index is -0.406. The van der Waals surface area contributed by atoms with Gasteiger partial charge in [0.2, 0.25) is 5.76 Å². The lowest BCUT2D eigenvalue weighted by molar-refractivity contribution is 0.0560. The number of nitrogens with zero attached hydrogens (tertiary/aromatic N) is 1. The van der Waals surface area contributed by atoms with Crippen LogP contribution in [0, 0.1) is 6.92 Å². The molecule has 2 rings (SSSR count). The van der Waals surface area contributed by atoms with Crippen molar-refractivity contribution in [1.82, 2.24) is 10.2 Å². The van der Waals surface area contributed by atoms with Gasteiger partial charge in [-0.15, -0.1) is 0 Å². The molecule has 0 spiro atoms. The molecule has 1 fully saturated rings. The topological polar surface area (TPSA) is 54.7 Å². The van der Waals surface area contributed by atoms with Gasteiger partial charge >= 0.3 is 5.97 Å². The molecule has 18 heavy (non-hydrogen) atoms. The molecule has 0 radical (unpaired) electrons. The lowest BCUT2D eigenvalue weighted by Gasteiger charge is -2.17. The van der Waals surface area contributed by atoms with Gasteiger partial charge in [0.05, 0.1) is 13.7 Å². The molecular weight excluding hydrogens is 232 g/mol. The Bertz CT molecular complexity index is 406. The highest BCUT2D eigenvalue weighted by Crippen LogP contribution is 2.17. The molecule has 1 aromatic rings. The van der Waals surface area contributed by atoms with Crippen molar-refractivity contribution in [3.05, 3.63) is 23.2 Å². The van der Waals surface area contributed by atoms with Crippen LogP contribution in [-0.4, -0.2) is 44.2 Å². The van der Waals surface area contributed by atoms with Crippen molar-refractivity contribution in [1.29, 1.82) is 0 Å². The quantitative estimate of drug-likeness (QED) is 0.818. The molecule has 1 aliphatic heterocycles. The van der Waals surface area contributed by atoms with E-state index in [0.29, 0.717) is 5.76 Å². The summed E-state index contributed by atoms with van der Waals surface area (Å²) in [4.78, 5) is 13.8. The van der Waals surface area contributed by atoms with Crippen molar-refractivity contribution < 1.29 is 13.9 Å². The molecule has 1 N–H and O–H groups in total. The third kappa shape index (κ3) is 3.11. The van der Waals surface area contributed by atoms with Crippen LogP contribution in [0.25, 0.3) is 0 Å². The number of carbonyl (C=O) groups is 1. The van der Waals surface area contributed by atoms with Gasteiger partial charge in [-0.3, -0.25) is 4.90 Å². The Morgan fingerprint density at radius 2 is 2.33 bits per heavy atom. The zero-order chi connectivity index (χ0) is 13.0. The summed E-state index contributed by atoms with van der Waals surface area (Å²) in [6, 6.07) is 1.92. The maximum atomic E-state index is 11.5. The average molecular weight is 252 g/mol. The first-order valence-electron chi connectivity index (χ1n) is 6.31. The highest BCUT2D eigenvalue weighted by Gasteiger charge is 2.18. The van der Waals surface area contributed by atoms with E-state index in [0.717, 1.165) is 50.5 Å². The van der Waals surface area contributed by atoms with E-state index in [1.807, 2.05) is 13.0 Å². The molecule has 0 aromatic carbocycles. The molecule has 0 aliphatic carbocycles. The summed E-state index contributed by atoms with van der Waals surface area (Å²) < 4.78 is 10.3. The summed E-state index contributed by atoms with van der Waals surface area (Å²) in [5.41, 5.74) is 0.838. The van der Waals surface area contributed by atoms with Crippen LogP contribution >= 0.6 is 0 Å². The van der Waals surface area contributed by atoms with Crippen molar-refractivity contribution >= 4 is 5.97 Å². The Morgan fingerprint density at radius 1 is 1.50 bits per heavy atom. The van der Waals surface area contributed by atoms with E-state index in [1.165, 1.54) is 7.11 Å². The molecule has 1 aliphatic rings. The van der Waals surface area contributed by atoms with Crippen LogP contribution in [0.2, 0.25) is 0 Å². The van der Waals surface area contributed by atoms with Gasteiger partial charge in [0, 0.05) is 18.7 Å². The van der Waals surface area contributed by atoms with Crippen LogP contribution in [0.15, 0.2) is 10.5 Å². The summed E-state index contributed by atoms with van der Waals surface area (Å²) in [6.07, 6.45) is 1.14. The Kier molecular flexibility index (Phi) is 4.38. The van der Waals surface area contributed by atoms with Crippen LogP contribution in [0.3, 0.4) is 0 Å². The standard InChI is InChI=1S/C13H20N2O3/c1-10-8-11(18-12(10)13(16)17-2)9-15-6-3-4-14-5-7-15/h8,14H,3-7,9H2,1-2H3. The minimum Gasteiger partial charge on any atom is -0.463 e. The fraction of sp³-hybridized carbons (Fsp3) is 0.615. The molecule has 0 unspecified atom stereocenters. The maximum Gasteiger partial charge on any atom is 0.374 e. The first-order valence-corrected chi connectivity index (χ1v) is 6.31. The third-order valence-corrected chi connectivity index (χ3v) is 3.15. The fourth-order valence-corrected chi connectivity index (χ4v) is 2.20. The number of furan rings is 1. The number of nitrogens with one attached hydrogen (secondary N) is 1. The van der Waals surface area contributed by atoms with E-state index >= 15 is 0 Å². The van der Waals surface area contributed by atoms with E-state index < -0.39 is 5.97 Å². The zero-order valence-corrected chi connectivity index (χ0v) is 11.0. The van der Waals surface area contributed by atoms with Crippen molar-refractivity contribution in [2.45, 2.75) is 19.9 Å². The number of esters is 1. The predicted molar refractivity (Wildman–Crippen MR) is 67.5 cm³/mol. The Morgan fingerprint density at radius 3 is 3.11 bits per heavy atom. The highest BCUT2D eigenvalue weighted by molar-refractivity contribution is 5.87. The normalized spacial score (nSPS) is 17.4. The second-order valence-electron chi connectivity index (χ2n) is 4.60. The SMILES string of the molecule is COC(=O)c1oc(CN2CCCNCC2)cc1C. The highest BCUT2D eigenvalue weighted by atomic mass is 16.5. The summed E-state index contributed by atoms with van der Waals surface area (Å²) in [5, 5.41) is 3.36. The Balaban J connectivity index is 2.02. The van der Waals surface area contributed by atoms with Gasteiger partial charge in [-0.2, -0.15) is 0 Å². The second-order valence-corrected chi connectivity index (χ2v) is 4.60. The van der Waals surface area contributed by atoms with E-state index in [-0.39, 0.29) is 0 Å². The molecule has 5 heteroatoms. The molecule has 0 atom stereocenters. The minimum absolute atomic E-state index is 0.320. The van der Waals surface area contributed by atoms with E-state index in [9.17, 15) is 4.79 Å². The van der Waals surface area contributed by atoms with Gasteiger partial charge < -0.3 is 14.5 Å². The third-order valence-electron chi connectivity index (χ3n) is 3.15. The van der Waals surface area contributed by atoms with Crippen molar-refractivity contribution in [2.75, 3.05) is 33.3 Å². The Hall–Kier alpha value is -1.33. The number of hydrogen-bond donors (Lipinski definition) is 1. The number of carbonyl (C=O) groups excluding carboxylic acids is 1. The van der Waals surface area contributed by atoms with Crippen LogP contribution in [0.5, 0.6) is 0 Å². The average Bonchev–Trinajstić information content (AvgIpc) is 2.57. The first-order chi connectivity index (χ1) is 8.70.